The van der Waals surface area contributed by atoms with Crippen LogP contribution in [0.25, 0.3) is 0 Å². The number of benzene rings is 1. The molecule has 0 radical (unpaired) electrons. The van der Waals surface area contributed by atoms with Gasteiger partial charge in [0, 0.05) is 32.7 Å². The molecule has 138 valence electrons. The first-order valence-electron chi connectivity index (χ1n) is 8.53. The highest BCUT2D eigenvalue weighted by Gasteiger charge is 2.36. The molecule has 0 bridgehead atoms. The summed E-state index contributed by atoms with van der Waals surface area (Å²) in [6.07, 6.45) is 2.30. The van der Waals surface area contributed by atoms with E-state index in [2.05, 4.69) is 10.3 Å². The van der Waals surface area contributed by atoms with Crippen LogP contribution < -0.4 is 5.32 Å². The lowest BCUT2D eigenvalue weighted by molar-refractivity contribution is -0.135. The van der Waals surface area contributed by atoms with Crippen LogP contribution in [0.1, 0.15) is 29.5 Å². The van der Waals surface area contributed by atoms with Gasteiger partial charge in [0.25, 0.3) is 0 Å². The highest BCUT2D eigenvalue weighted by molar-refractivity contribution is 14.0. The molecule has 1 heterocycles. The summed E-state index contributed by atoms with van der Waals surface area (Å²) in [4.78, 5) is 20.6. The Labute approximate surface area is 166 Å². The largest absolute Gasteiger partial charge is 0.507 e. The summed E-state index contributed by atoms with van der Waals surface area (Å²) < 4.78 is 0. The zero-order chi connectivity index (χ0) is 17.3. The molecule has 0 spiro atoms. The number of hydrogen-bond donors (Lipinski definition) is 2. The van der Waals surface area contributed by atoms with Crippen molar-refractivity contribution in [3.63, 3.8) is 0 Å². The molecule has 2 aliphatic rings. The first kappa shape index (κ1) is 19.8. The van der Waals surface area contributed by atoms with Crippen LogP contribution >= 0.6 is 24.0 Å². The lowest BCUT2D eigenvalue weighted by Crippen LogP contribution is -2.55. The van der Waals surface area contributed by atoms with Crippen LogP contribution in [0.4, 0.5) is 0 Å². The Morgan fingerprint density at radius 1 is 1.28 bits per heavy atom. The molecular formula is C18H27IN4O2. The summed E-state index contributed by atoms with van der Waals surface area (Å²) in [7, 11) is 1.74. The van der Waals surface area contributed by atoms with Crippen molar-refractivity contribution in [1.29, 1.82) is 0 Å². The molecular weight excluding hydrogens is 431 g/mol. The number of aromatic hydroxyl groups is 1. The Morgan fingerprint density at radius 2 is 1.92 bits per heavy atom. The highest BCUT2D eigenvalue weighted by atomic mass is 127. The van der Waals surface area contributed by atoms with Crippen molar-refractivity contribution < 1.29 is 9.90 Å². The predicted molar refractivity (Wildman–Crippen MR) is 110 cm³/mol. The molecule has 1 aromatic carbocycles. The quantitative estimate of drug-likeness (QED) is 0.413. The number of nitrogens with zero attached hydrogens (tertiary/aromatic N) is 3. The van der Waals surface area contributed by atoms with Gasteiger partial charge < -0.3 is 20.2 Å². The molecule has 1 aliphatic heterocycles. The van der Waals surface area contributed by atoms with Gasteiger partial charge in [-0.2, -0.15) is 0 Å². The van der Waals surface area contributed by atoms with Crippen LogP contribution in [0.15, 0.2) is 17.1 Å². The number of aryl methyl sites for hydroxylation is 2. The van der Waals surface area contributed by atoms with Gasteiger partial charge in [-0.1, -0.05) is 12.1 Å². The van der Waals surface area contributed by atoms with E-state index in [-0.39, 0.29) is 29.9 Å². The predicted octanol–water partition coefficient (Wildman–Crippen LogP) is 2.01. The minimum Gasteiger partial charge on any atom is -0.507 e. The van der Waals surface area contributed by atoms with E-state index in [1.807, 2.05) is 35.8 Å². The molecule has 1 amide bonds. The molecule has 1 saturated heterocycles. The summed E-state index contributed by atoms with van der Waals surface area (Å²) in [5.74, 6) is 1.30. The number of nitrogens with one attached hydrogen (secondary N) is 1. The number of hydrogen-bond acceptors (Lipinski definition) is 3. The second-order valence-corrected chi connectivity index (χ2v) is 6.72. The van der Waals surface area contributed by atoms with E-state index < -0.39 is 0 Å². The summed E-state index contributed by atoms with van der Waals surface area (Å²) in [5, 5.41) is 13.2. The average Bonchev–Trinajstić information content (AvgIpc) is 3.38. The number of piperazine rings is 1. The normalized spacial score (nSPS) is 18.2. The fourth-order valence-electron chi connectivity index (χ4n) is 3.30. The van der Waals surface area contributed by atoms with Crippen LogP contribution in [0.2, 0.25) is 0 Å². The number of carbonyl (C=O) groups excluding carboxylic acids is 1. The fourth-order valence-corrected chi connectivity index (χ4v) is 3.30. The van der Waals surface area contributed by atoms with Crippen molar-refractivity contribution in [2.75, 3.05) is 26.7 Å². The molecule has 7 heteroatoms. The van der Waals surface area contributed by atoms with Crippen LogP contribution in [0, 0.1) is 13.8 Å². The van der Waals surface area contributed by atoms with Gasteiger partial charge in [-0.05, 0) is 43.4 Å². The van der Waals surface area contributed by atoms with Crippen LogP contribution in [-0.2, 0) is 11.3 Å². The van der Waals surface area contributed by atoms with E-state index in [0.29, 0.717) is 24.9 Å². The summed E-state index contributed by atoms with van der Waals surface area (Å²) in [5.41, 5.74) is 2.83. The number of aliphatic imine (C=N–C) groups is 1. The first-order valence-corrected chi connectivity index (χ1v) is 8.53. The fraction of sp³-hybridized carbons (Fsp3) is 0.556. The lowest BCUT2D eigenvalue weighted by atomic mass is 10.1. The maximum atomic E-state index is 12.3. The highest BCUT2D eigenvalue weighted by Crippen LogP contribution is 2.28. The van der Waals surface area contributed by atoms with Gasteiger partial charge in [-0.3, -0.25) is 9.79 Å². The van der Waals surface area contributed by atoms with Crippen molar-refractivity contribution in [3.05, 3.63) is 28.8 Å². The van der Waals surface area contributed by atoms with Crippen LogP contribution in [-0.4, -0.2) is 59.5 Å². The Balaban J connectivity index is 0.00000225. The average molecular weight is 458 g/mol. The molecule has 3 rings (SSSR count). The number of halogens is 1. The van der Waals surface area contributed by atoms with Gasteiger partial charge in [-0.15, -0.1) is 24.0 Å². The molecule has 0 atom stereocenters. The molecule has 1 aliphatic carbocycles. The van der Waals surface area contributed by atoms with Crippen molar-refractivity contribution in [2.45, 2.75) is 39.3 Å². The van der Waals surface area contributed by atoms with E-state index in [0.717, 1.165) is 48.6 Å². The Bertz CT molecular complexity index is 650. The second-order valence-electron chi connectivity index (χ2n) is 6.72. The molecule has 2 N–H and O–H groups in total. The van der Waals surface area contributed by atoms with Crippen molar-refractivity contribution >= 4 is 35.8 Å². The lowest BCUT2D eigenvalue weighted by Gasteiger charge is -2.36. The molecule has 2 fully saturated rings. The molecule has 0 aromatic heterocycles. The third-order valence-electron chi connectivity index (χ3n) is 4.76. The molecule has 6 nitrogen and oxygen atoms in total. The van der Waals surface area contributed by atoms with Crippen LogP contribution in [0.3, 0.4) is 0 Å². The number of phenolic OH excluding ortho intramolecular Hbond substituents is 1. The maximum Gasteiger partial charge on any atom is 0.242 e. The van der Waals surface area contributed by atoms with Crippen molar-refractivity contribution in [2.24, 2.45) is 4.99 Å². The summed E-state index contributed by atoms with van der Waals surface area (Å²) in [6.45, 7) is 6.40. The summed E-state index contributed by atoms with van der Waals surface area (Å²) in [6, 6.07) is 4.43. The van der Waals surface area contributed by atoms with Crippen molar-refractivity contribution in [3.8, 4) is 5.75 Å². The van der Waals surface area contributed by atoms with E-state index in [9.17, 15) is 9.90 Å². The topological polar surface area (TPSA) is 68.2 Å². The van der Waals surface area contributed by atoms with Gasteiger partial charge in [0.2, 0.25) is 5.91 Å². The van der Waals surface area contributed by atoms with Gasteiger partial charge >= 0.3 is 0 Å². The van der Waals surface area contributed by atoms with E-state index in [1.165, 1.54) is 0 Å². The minimum absolute atomic E-state index is 0. The maximum absolute atomic E-state index is 12.3. The van der Waals surface area contributed by atoms with E-state index in [4.69, 9.17) is 0 Å². The van der Waals surface area contributed by atoms with Gasteiger partial charge in [0.15, 0.2) is 5.96 Å². The number of rotatable bonds is 3. The number of guanidine groups is 1. The molecule has 25 heavy (non-hydrogen) atoms. The molecule has 1 aromatic rings. The second kappa shape index (κ2) is 8.25. The summed E-state index contributed by atoms with van der Waals surface area (Å²) >= 11 is 0. The SMILES string of the molecule is CN=C(NCc1cc(C)c(O)c(C)c1)N1CCN(C2CC2)C(=O)C1.I. The standard InChI is InChI=1S/C18H26N4O2.HI/c1-12-8-14(9-13(2)17(12)24)10-20-18(19-3)21-6-7-22(15-4-5-15)16(23)11-21;/h8-9,15,24H,4-7,10-11H2,1-3H3,(H,19,20);1H. The van der Waals surface area contributed by atoms with E-state index >= 15 is 0 Å². The zero-order valence-electron chi connectivity index (χ0n) is 15.1. The monoisotopic (exact) mass is 458 g/mol. The van der Waals surface area contributed by atoms with Gasteiger partial charge in [0.1, 0.15) is 5.75 Å². The minimum atomic E-state index is 0. The number of amides is 1. The Hall–Kier alpha value is -1.51. The third-order valence-corrected chi connectivity index (χ3v) is 4.76. The molecule has 0 unspecified atom stereocenters. The first-order chi connectivity index (χ1) is 11.5. The van der Waals surface area contributed by atoms with Gasteiger partial charge in [-0.25, -0.2) is 0 Å². The molecule has 1 saturated carbocycles. The third kappa shape index (κ3) is 4.56. The Kier molecular flexibility index (Phi) is 6.53. The smallest absolute Gasteiger partial charge is 0.242 e. The number of phenols is 1. The van der Waals surface area contributed by atoms with Crippen molar-refractivity contribution in [1.82, 2.24) is 15.1 Å². The number of carbonyl (C=O) groups is 1. The van der Waals surface area contributed by atoms with Crippen LogP contribution in [0.5, 0.6) is 5.75 Å². The van der Waals surface area contributed by atoms with E-state index in [1.54, 1.807) is 7.05 Å². The van der Waals surface area contributed by atoms with Gasteiger partial charge in [0.05, 0.1) is 6.54 Å². The zero-order valence-corrected chi connectivity index (χ0v) is 17.4. The Morgan fingerprint density at radius 3 is 2.44 bits per heavy atom.